The molecule has 0 spiro atoms. The lowest BCUT2D eigenvalue weighted by Crippen LogP contribution is -2.38. The van der Waals surface area contributed by atoms with E-state index in [0.717, 1.165) is 41.8 Å². The fraction of sp³-hybridized carbons (Fsp3) is 0.440. The van der Waals surface area contributed by atoms with Crippen LogP contribution in [-0.2, 0) is 11.2 Å². The third-order valence-electron chi connectivity index (χ3n) is 7.49. The van der Waals surface area contributed by atoms with Crippen molar-refractivity contribution < 1.29 is 31.8 Å². The molecule has 4 heterocycles. The van der Waals surface area contributed by atoms with Gasteiger partial charge in [0.2, 0.25) is 0 Å². The van der Waals surface area contributed by atoms with Gasteiger partial charge in [-0.1, -0.05) is 0 Å². The van der Waals surface area contributed by atoms with Crippen LogP contribution in [0.5, 0.6) is 5.75 Å². The van der Waals surface area contributed by atoms with Gasteiger partial charge in [-0.15, -0.1) is 13.2 Å². The number of carbonyl (C=O) groups is 1. The topological polar surface area (TPSA) is 67.5 Å². The molecule has 35 heavy (non-hydrogen) atoms. The SMILES string of the molecule is O=C(c1ccc(OC(F)(F)F)cc1)N1CCC(c2c(F)cnc3[nH]c4c(c23)[C@@H]2COC[C@@H]2C4)CC1. The van der Waals surface area contributed by atoms with Crippen molar-refractivity contribution in [2.24, 2.45) is 5.92 Å². The fourth-order valence-corrected chi connectivity index (χ4v) is 5.93. The molecule has 0 bridgehead atoms. The maximum Gasteiger partial charge on any atom is 0.573 e. The Bertz CT molecular complexity index is 1280. The Balaban J connectivity index is 1.20. The number of H-pyrrole nitrogens is 1. The molecule has 184 valence electrons. The van der Waals surface area contributed by atoms with Gasteiger partial charge >= 0.3 is 6.36 Å². The number of nitrogens with zero attached hydrogens (tertiary/aromatic N) is 2. The first-order valence-electron chi connectivity index (χ1n) is 11.7. The van der Waals surface area contributed by atoms with Crippen molar-refractivity contribution in [2.45, 2.75) is 37.5 Å². The summed E-state index contributed by atoms with van der Waals surface area (Å²) in [6.07, 6.45) is -1.46. The molecule has 6 rings (SSSR count). The van der Waals surface area contributed by atoms with Crippen LogP contribution in [0.25, 0.3) is 11.0 Å². The molecular weight excluding hydrogens is 466 g/mol. The maximum absolute atomic E-state index is 15.2. The molecule has 0 unspecified atom stereocenters. The van der Waals surface area contributed by atoms with Crippen LogP contribution in [-0.4, -0.2) is 53.4 Å². The van der Waals surface area contributed by atoms with E-state index in [1.54, 1.807) is 4.90 Å². The predicted molar refractivity (Wildman–Crippen MR) is 118 cm³/mol. The van der Waals surface area contributed by atoms with Crippen LogP contribution < -0.4 is 4.74 Å². The van der Waals surface area contributed by atoms with E-state index in [-0.39, 0.29) is 34.9 Å². The number of hydrogen-bond acceptors (Lipinski definition) is 4. The van der Waals surface area contributed by atoms with Crippen LogP contribution in [0.4, 0.5) is 17.6 Å². The molecule has 0 radical (unpaired) electrons. The van der Waals surface area contributed by atoms with Gasteiger partial charge in [0.1, 0.15) is 17.2 Å². The minimum Gasteiger partial charge on any atom is -0.406 e. The molecule has 10 heteroatoms. The smallest absolute Gasteiger partial charge is 0.406 e. The van der Waals surface area contributed by atoms with Crippen LogP contribution in [0.3, 0.4) is 0 Å². The van der Waals surface area contributed by atoms with E-state index in [9.17, 15) is 18.0 Å². The van der Waals surface area contributed by atoms with Crippen molar-refractivity contribution in [2.75, 3.05) is 26.3 Å². The molecule has 3 aromatic rings. The van der Waals surface area contributed by atoms with Crippen molar-refractivity contribution >= 4 is 16.9 Å². The number of nitrogens with one attached hydrogen (secondary N) is 1. The average molecular weight is 489 g/mol. The zero-order valence-electron chi connectivity index (χ0n) is 18.7. The van der Waals surface area contributed by atoms with E-state index in [4.69, 9.17) is 4.74 Å². The third-order valence-corrected chi connectivity index (χ3v) is 7.49. The summed E-state index contributed by atoms with van der Waals surface area (Å²) in [7, 11) is 0. The molecule has 1 N–H and O–H groups in total. The van der Waals surface area contributed by atoms with E-state index in [1.165, 1.54) is 18.3 Å². The molecule has 2 aliphatic heterocycles. The summed E-state index contributed by atoms with van der Waals surface area (Å²) in [5.41, 5.74) is 3.93. The van der Waals surface area contributed by atoms with Gasteiger partial charge in [0.15, 0.2) is 0 Å². The van der Waals surface area contributed by atoms with Crippen molar-refractivity contribution in [1.29, 1.82) is 0 Å². The quantitative estimate of drug-likeness (QED) is 0.531. The summed E-state index contributed by atoms with van der Waals surface area (Å²) in [4.78, 5) is 22.3. The molecular formula is C25H23F4N3O3. The van der Waals surface area contributed by atoms with Gasteiger partial charge in [-0.25, -0.2) is 9.37 Å². The van der Waals surface area contributed by atoms with E-state index in [0.29, 0.717) is 49.7 Å². The summed E-state index contributed by atoms with van der Waals surface area (Å²) in [5.74, 6) is -0.356. The van der Waals surface area contributed by atoms with E-state index < -0.39 is 6.36 Å². The van der Waals surface area contributed by atoms with Gasteiger partial charge in [0.05, 0.1) is 19.4 Å². The molecule has 1 aromatic carbocycles. The van der Waals surface area contributed by atoms with Crippen molar-refractivity contribution in [1.82, 2.24) is 14.9 Å². The first-order chi connectivity index (χ1) is 16.8. The highest BCUT2D eigenvalue weighted by Gasteiger charge is 2.41. The number of fused-ring (bicyclic) bond motifs is 5. The normalized spacial score (nSPS) is 22.5. The molecule has 1 aliphatic carbocycles. The number of amides is 1. The van der Waals surface area contributed by atoms with Crippen LogP contribution in [0.1, 0.15) is 51.9 Å². The Morgan fingerprint density at radius 2 is 1.86 bits per heavy atom. The number of pyridine rings is 1. The second kappa shape index (κ2) is 8.22. The van der Waals surface area contributed by atoms with Crippen molar-refractivity contribution in [3.8, 4) is 5.75 Å². The number of likely N-dealkylation sites (tertiary alicyclic amines) is 1. The van der Waals surface area contributed by atoms with Gasteiger partial charge < -0.3 is 19.4 Å². The number of hydrogen-bond donors (Lipinski definition) is 1. The first kappa shape index (κ1) is 22.3. The fourth-order valence-electron chi connectivity index (χ4n) is 5.93. The number of aromatic nitrogens is 2. The lowest BCUT2D eigenvalue weighted by molar-refractivity contribution is -0.274. The summed E-state index contributed by atoms with van der Waals surface area (Å²) in [6, 6.07) is 4.90. The highest BCUT2D eigenvalue weighted by molar-refractivity contribution is 5.94. The Morgan fingerprint density at radius 3 is 2.57 bits per heavy atom. The number of carbonyl (C=O) groups excluding carboxylic acids is 1. The number of benzene rings is 1. The second-order valence-corrected chi connectivity index (χ2v) is 9.51. The van der Waals surface area contributed by atoms with Gasteiger partial charge in [-0.2, -0.15) is 0 Å². The number of rotatable bonds is 3. The molecule has 2 atom stereocenters. The zero-order chi connectivity index (χ0) is 24.3. The van der Waals surface area contributed by atoms with E-state index >= 15 is 4.39 Å². The molecule has 2 fully saturated rings. The van der Waals surface area contributed by atoms with Crippen LogP contribution in [0.15, 0.2) is 30.5 Å². The summed E-state index contributed by atoms with van der Waals surface area (Å²) < 4.78 is 61.9. The van der Waals surface area contributed by atoms with Gasteiger partial charge in [0.25, 0.3) is 5.91 Å². The van der Waals surface area contributed by atoms with Gasteiger partial charge in [-0.05, 0) is 60.9 Å². The second-order valence-electron chi connectivity index (χ2n) is 9.51. The molecule has 1 amide bonds. The predicted octanol–water partition coefficient (Wildman–Crippen LogP) is 4.91. The summed E-state index contributed by atoms with van der Waals surface area (Å²) >= 11 is 0. The average Bonchev–Trinajstić information content (AvgIpc) is 3.49. The Labute approximate surface area is 198 Å². The molecule has 0 saturated carbocycles. The highest BCUT2D eigenvalue weighted by atomic mass is 19.4. The monoisotopic (exact) mass is 489 g/mol. The maximum atomic E-state index is 15.2. The molecule has 2 aromatic heterocycles. The van der Waals surface area contributed by atoms with Gasteiger partial charge in [0, 0.05) is 41.2 Å². The van der Waals surface area contributed by atoms with Gasteiger partial charge in [-0.3, -0.25) is 4.79 Å². The summed E-state index contributed by atoms with van der Waals surface area (Å²) in [6.45, 7) is 2.21. The standard InChI is InChI=1S/C25H23F4N3O3/c26-18-10-30-23-22(21-17-12-34-11-15(17)9-19(21)31-23)20(18)13-5-7-32(8-6-13)24(33)14-1-3-16(4-2-14)35-25(27,28)29/h1-4,10,13,15,17H,5-9,11-12H2,(H,30,31)/t15-,17+/m0/s1. The highest BCUT2D eigenvalue weighted by Crippen LogP contribution is 2.48. The lowest BCUT2D eigenvalue weighted by atomic mass is 9.85. The Hall–Kier alpha value is -3.14. The Kier molecular flexibility index (Phi) is 5.24. The third kappa shape index (κ3) is 3.93. The van der Waals surface area contributed by atoms with Crippen molar-refractivity contribution in [3.63, 3.8) is 0 Å². The number of halogens is 4. The van der Waals surface area contributed by atoms with Crippen LogP contribution >= 0.6 is 0 Å². The minimum atomic E-state index is -4.79. The largest absolute Gasteiger partial charge is 0.573 e. The minimum absolute atomic E-state index is 0.0617. The molecule has 3 aliphatic rings. The van der Waals surface area contributed by atoms with Crippen LogP contribution in [0, 0.1) is 11.7 Å². The lowest BCUT2D eigenvalue weighted by Gasteiger charge is -2.33. The number of alkyl halides is 3. The zero-order valence-corrected chi connectivity index (χ0v) is 18.7. The summed E-state index contributed by atoms with van der Waals surface area (Å²) in [5, 5.41) is 0.878. The van der Waals surface area contributed by atoms with E-state index in [2.05, 4.69) is 14.7 Å². The number of aromatic amines is 1. The number of piperidine rings is 1. The molecule has 6 nitrogen and oxygen atoms in total. The van der Waals surface area contributed by atoms with E-state index in [1.807, 2.05) is 0 Å². The first-order valence-corrected chi connectivity index (χ1v) is 11.7. The Morgan fingerprint density at radius 1 is 1.11 bits per heavy atom. The van der Waals surface area contributed by atoms with Crippen molar-refractivity contribution in [3.05, 3.63) is 58.7 Å². The van der Waals surface area contributed by atoms with Crippen LogP contribution in [0.2, 0.25) is 0 Å². The molecule has 2 saturated heterocycles. The number of ether oxygens (including phenoxy) is 2.